The molecule has 1 unspecified atom stereocenters. The fourth-order valence-corrected chi connectivity index (χ4v) is 1.96. The summed E-state index contributed by atoms with van der Waals surface area (Å²) in [5.41, 5.74) is 0. The van der Waals surface area contributed by atoms with E-state index in [0.717, 1.165) is 11.8 Å². The highest BCUT2D eigenvalue weighted by atomic mass is 32.2. The zero-order valence-corrected chi connectivity index (χ0v) is 10.9. The van der Waals surface area contributed by atoms with Crippen LogP contribution in [0.4, 0.5) is 4.79 Å². The highest BCUT2D eigenvalue weighted by Gasteiger charge is 2.23. The maximum absolute atomic E-state index is 11.3. The van der Waals surface area contributed by atoms with Gasteiger partial charge in [-0.05, 0) is 12.8 Å². The van der Waals surface area contributed by atoms with Gasteiger partial charge in [-0.25, -0.2) is 4.79 Å². The van der Waals surface area contributed by atoms with Crippen LogP contribution in [0.25, 0.3) is 0 Å². The lowest BCUT2D eigenvalue weighted by Gasteiger charge is -2.14. The SMILES string of the molecule is CCOC(=O)NC(=O)CSC(C(=O)O)C(C)C. The lowest BCUT2D eigenvalue weighted by Crippen LogP contribution is -2.34. The van der Waals surface area contributed by atoms with Gasteiger partial charge in [-0.1, -0.05) is 13.8 Å². The fourth-order valence-electron chi connectivity index (χ4n) is 1.03. The van der Waals surface area contributed by atoms with Crippen molar-refractivity contribution in [2.75, 3.05) is 12.4 Å². The van der Waals surface area contributed by atoms with E-state index in [9.17, 15) is 14.4 Å². The van der Waals surface area contributed by atoms with Gasteiger partial charge < -0.3 is 9.84 Å². The first kappa shape index (κ1) is 15.8. The molecule has 0 radical (unpaired) electrons. The van der Waals surface area contributed by atoms with E-state index in [2.05, 4.69) is 4.74 Å². The van der Waals surface area contributed by atoms with Crippen LogP contribution < -0.4 is 5.32 Å². The summed E-state index contributed by atoms with van der Waals surface area (Å²) in [5.74, 6) is -1.70. The highest BCUT2D eigenvalue weighted by molar-refractivity contribution is 8.01. The number of hydrogen-bond acceptors (Lipinski definition) is 5. The number of ether oxygens (including phenoxy) is 1. The predicted molar refractivity (Wildman–Crippen MR) is 63.9 cm³/mol. The number of thioether (sulfide) groups is 1. The molecule has 0 fully saturated rings. The van der Waals surface area contributed by atoms with Gasteiger partial charge in [0.2, 0.25) is 5.91 Å². The maximum Gasteiger partial charge on any atom is 0.413 e. The van der Waals surface area contributed by atoms with E-state index < -0.39 is 23.2 Å². The number of nitrogens with one attached hydrogen (secondary N) is 1. The largest absolute Gasteiger partial charge is 0.480 e. The van der Waals surface area contributed by atoms with Crippen molar-refractivity contribution < 1.29 is 24.2 Å². The van der Waals surface area contributed by atoms with Crippen LogP contribution in [0.2, 0.25) is 0 Å². The van der Waals surface area contributed by atoms with Crippen molar-refractivity contribution in [3.63, 3.8) is 0 Å². The number of rotatable bonds is 6. The van der Waals surface area contributed by atoms with Crippen molar-refractivity contribution in [2.24, 2.45) is 5.92 Å². The molecule has 1 atom stereocenters. The molecule has 0 aliphatic carbocycles. The van der Waals surface area contributed by atoms with Gasteiger partial charge >= 0.3 is 12.1 Å². The lowest BCUT2D eigenvalue weighted by molar-refractivity contribution is -0.137. The minimum atomic E-state index is -0.964. The van der Waals surface area contributed by atoms with Crippen LogP contribution in [-0.2, 0) is 14.3 Å². The molecule has 0 heterocycles. The summed E-state index contributed by atoms with van der Waals surface area (Å²) in [6, 6.07) is 0. The second-order valence-corrected chi connectivity index (χ2v) is 4.71. The molecule has 0 saturated carbocycles. The van der Waals surface area contributed by atoms with Gasteiger partial charge in [0.05, 0.1) is 12.4 Å². The number of carbonyl (C=O) groups excluding carboxylic acids is 2. The molecule has 0 aliphatic rings. The van der Waals surface area contributed by atoms with E-state index in [4.69, 9.17) is 5.11 Å². The molecule has 98 valence electrons. The molecule has 0 aromatic heterocycles. The molecule has 7 heteroatoms. The molecule has 2 N–H and O–H groups in total. The minimum absolute atomic E-state index is 0.0893. The van der Waals surface area contributed by atoms with Crippen LogP contribution >= 0.6 is 11.8 Å². The summed E-state index contributed by atoms with van der Waals surface area (Å²) in [6.07, 6.45) is -0.811. The first-order valence-corrected chi connectivity index (χ1v) is 6.24. The molecule has 0 saturated heterocycles. The summed E-state index contributed by atoms with van der Waals surface area (Å²) in [5, 5.41) is 10.2. The third kappa shape index (κ3) is 6.83. The van der Waals surface area contributed by atoms with Gasteiger partial charge in [-0.15, -0.1) is 11.8 Å². The summed E-state index contributed by atoms with van der Waals surface area (Å²) >= 11 is 0.987. The molecule has 0 rings (SSSR count). The van der Waals surface area contributed by atoms with E-state index >= 15 is 0 Å². The highest BCUT2D eigenvalue weighted by Crippen LogP contribution is 2.19. The van der Waals surface area contributed by atoms with Gasteiger partial charge in [-0.3, -0.25) is 14.9 Å². The summed E-state index contributed by atoms with van der Waals surface area (Å²) in [7, 11) is 0. The zero-order valence-electron chi connectivity index (χ0n) is 10.1. The Hall–Kier alpha value is -1.24. The molecular weight excluding hydrogens is 246 g/mol. The number of carboxylic acid groups (broad SMARTS) is 1. The van der Waals surface area contributed by atoms with Crippen molar-refractivity contribution in [3.05, 3.63) is 0 Å². The van der Waals surface area contributed by atoms with Crippen LogP contribution in [0, 0.1) is 5.92 Å². The number of amides is 2. The van der Waals surface area contributed by atoms with Gasteiger partial charge in [0, 0.05) is 0 Å². The molecule has 2 amide bonds. The van der Waals surface area contributed by atoms with Crippen molar-refractivity contribution in [1.29, 1.82) is 0 Å². The zero-order chi connectivity index (χ0) is 13.4. The molecule has 17 heavy (non-hydrogen) atoms. The third-order valence-corrected chi connectivity index (χ3v) is 3.29. The molecule has 0 aliphatic heterocycles. The standard InChI is InChI=1S/C10H17NO5S/c1-4-16-10(15)11-7(12)5-17-8(6(2)3)9(13)14/h6,8H,4-5H2,1-3H3,(H,13,14)(H,11,12,15). The Morgan fingerprint density at radius 2 is 1.94 bits per heavy atom. The van der Waals surface area contributed by atoms with Crippen LogP contribution in [0.3, 0.4) is 0 Å². The molecule has 6 nitrogen and oxygen atoms in total. The second-order valence-electron chi connectivity index (χ2n) is 3.58. The predicted octanol–water partition coefficient (Wildman–Crippen LogP) is 1.10. The number of carbonyl (C=O) groups is 3. The molecule has 0 aromatic rings. The number of hydrogen-bond donors (Lipinski definition) is 2. The average molecular weight is 263 g/mol. The summed E-state index contributed by atoms with van der Waals surface area (Å²) in [4.78, 5) is 33.0. The minimum Gasteiger partial charge on any atom is -0.480 e. The lowest BCUT2D eigenvalue weighted by atomic mass is 10.1. The van der Waals surface area contributed by atoms with Crippen molar-refractivity contribution in [2.45, 2.75) is 26.0 Å². The van der Waals surface area contributed by atoms with Crippen LogP contribution in [0.1, 0.15) is 20.8 Å². The van der Waals surface area contributed by atoms with E-state index in [1.807, 2.05) is 5.32 Å². The molecule has 0 bridgehead atoms. The van der Waals surface area contributed by atoms with Gasteiger partial charge in [0.1, 0.15) is 5.25 Å². The Bertz CT molecular complexity index is 292. The van der Waals surface area contributed by atoms with E-state index in [1.54, 1.807) is 20.8 Å². The van der Waals surface area contributed by atoms with Crippen molar-refractivity contribution >= 4 is 29.7 Å². The quantitative estimate of drug-likeness (QED) is 0.745. The van der Waals surface area contributed by atoms with E-state index in [0.29, 0.717) is 0 Å². The molecule has 0 aromatic carbocycles. The van der Waals surface area contributed by atoms with Gasteiger partial charge in [0.25, 0.3) is 0 Å². The Balaban J connectivity index is 4.05. The van der Waals surface area contributed by atoms with Crippen molar-refractivity contribution in [3.8, 4) is 0 Å². The normalized spacial score (nSPS) is 12.0. The van der Waals surface area contributed by atoms with E-state index in [1.165, 1.54) is 0 Å². The average Bonchev–Trinajstić information content (AvgIpc) is 2.16. The summed E-state index contributed by atoms with van der Waals surface area (Å²) in [6.45, 7) is 5.32. The Kier molecular flexibility index (Phi) is 7.36. The number of aliphatic carboxylic acids is 1. The first-order chi connectivity index (χ1) is 7.88. The number of carboxylic acids is 1. The Morgan fingerprint density at radius 3 is 2.35 bits per heavy atom. The fraction of sp³-hybridized carbons (Fsp3) is 0.700. The monoisotopic (exact) mass is 263 g/mol. The maximum atomic E-state index is 11.3. The van der Waals surface area contributed by atoms with Gasteiger partial charge in [-0.2, -0.15) is 0 Å². The number of imide groups is 1. The molecule has 0 spiro atoms. The third-order valence-electron chi connectivity index (χ3n) is 1.76. The molecular formula is C10H17NO5S. The van der Waals surface area contributed by atoms with Crippen LogP contribution in [-0.4, -0.2) is 40.7 Å². The smallest absolute Gasteiger partial charge is 0.413 e. The van der Waals surface area contributed by atoms with Crippen LogP contribution in [0.15, 0.2) is 0 Å². The Labute approximate surface area is 104 Å². The Morgan fingerprint density at radius 1 is 1.35 bits per heavy atom. The topological polar surface area (TPSA) is 92.7 Å². The van der Waals surface area contributed by atoms with Crippen LogP contribution in [0.5, 0.6) is 0 Å². The number of alkyl carbamates (subject to hydrolysis) is 1. The van der Waals surface area contributed by atoms with E-state index in [-0.39, 0.29) is 18.3 Å². The summed E-state index contributed by atoms with van der Waals surface area (Å²) < 4.78 is 4.52. The second kappa shape index (κ2) is 7.94. The van der Waals surface area contributed by atoms with Crippen molar-refractivity contribution in [1.82, 2.24) is 5.32 Å². The van der Waals surface area contributed by atoms with Gasteiger partial charge in [0.15, 0.2) is 0 Å². The first-order valence-electron chi connectivity index (χ1n) is 5.19.